The van der Waals surface area contributed by atoms with Crippen LogP contribution in [-0.4, -0.2) is 11.1 Å². The molecule has 0 heterocycles. The van der Waals surface area contributed by atoms with Crippen LogP contribution in [0.25, 0.3) is 16.7 Å². The van der Waals surface area contributed by atoms with Crippen LogP contribution in [0.1, 0.15) is 22.3 Å². The van der Waals surface area contributed by atoms with Gasteiger partial charge in [-0.05, 0) is 41.7 Å². The lowest BCUT2D eigenvalue weighted by molar-refractivity contribution is -0.131. The Morgan fingerprint density at radius 2 is 1.32 bits per heavy atom. The van der Waals surface area contributed by atoms with Crippen LogP contribution in [0.5, 0.6) is 0 Å². The molecule has 0 amide bonds. The summed E-state index contributed by atoms with van der Waals surface area (Å²) in [5, 5.41) is 9.30. The number of aryl methyl sites for hydroxylation is 2. The minimum atomic E-state index is -0.943. The van der Waals surface area contributed by atoms with Crippen LogP contribution in [0.3, 0.4) is 0 Å². The van der Waals surface area contributed by atoms with Crippen molar-refractivity contribution in [2.75, 3.05) is 0 Å². The third-order valence-electron chi connectivity index (χ3n) is 4.10. The molecule has 0 unspecified atom stereocenters. The number of rotatable bonds is 4. The third-order valence-corrected chi connectivity index (χ3v) is 4.10. The summed E-state index contributed by atoms with van der Waals surface area (Å²) >= 11 is 0. The Morgan fingerprint density at radius 3 is 1.88 bits per heavy atom. The van der Waals surface area contributed by atoms with Crippen molar-refractivity contribution in [3.8, 4) is 11.1 Å². The molecule has 0 atom stereocenters. The first-order chi connectivity index (χ1) is 12.0. The van der Waals surface area contributed by atoms with E-state index < -0.39 is 5.97 Å². The molecule has 0 aliphatic rings. The molecule has 3 aromatic carbocycles. The van der Waals surface area contributed by atoms with Gasteiger partial charge in [-0.25, -0.2) is 4.79 Å². The van der Waals surface area contributed by atoms with Gasteiger partial charge < -0.3 is 5.11 Å². The van der Waals surface area contributed by atoms with Gasteiger partial charge in [0.25, 0.3) is 0 Å². The lowest BCUT2D eigenvalue weighted by Gasteiger charge is -2.11. The van der Waals surface area contributed by atoms with E-state index in [1.807, 2.05) is 68.4 Å². The van der Waals surface area contributed by atoms with E-state index in [0.29, 0.717) is 0 Å². The number of hydrogen-bond donors (Lipinski definition) is 1. The van der Waals surface area contributed by atoms with Gasteiger partial charge in [0, 0.05) is 6.08 Å². The molecule has 0 saturated heterocycles. The lowest BCUT2D eigenvalue weighted by atomic mass is 9.93. The van der Waals surface area contributed by atoms with Crippen LogP contribution in [-0.2, 0) is 4.79 Å². The zero-order valence-electron chi connectivity index (χ0n) is 14.4. The first kappa shape index (κ1) is 16.7. The van der Waals surface area contributed by atoms with E-state index in [9.17, 15) is 9.90 Å². The Morgan fingerprint density at radius 1 is 0.760 bits per heavy atom. The van der Waals surface area contributed by atoms with E-state index in [1.54, 1.807) is 0 Å². The van der Waals surface area contributed by atoms with Crippen LogP contribution in [0, 0.1) is 13.8 Å². The van der Waals surface area contributed by atoms with Gasteiger partial charge in [0.2, 0.25) is 0 Å². The smallest absolute Gasteiger partial charge is 0.328 e. The molecule has 2 nitrogen and oxygen atoms in total. The zero-order chi connectivity index (χ0) is 17.8. The zero-order valence-corrected chi connectivity index (χ0v) is 14.4. The third kappa shape index (κ3) is 4.04. The van der Waals surface area contributed by atoms with Crippen molar-refractivity contribution in [3.05, 3.63) is 101 Å². The number of hydrogen-bond acceptors (Lipinski definition) is 1. The SMILES string of the molecule is Cc1cc(C)cc(/C(=C\C(=O)O)c2ccc(-c3ccccc3)cc2)c1. The maximum absolute atomic E-state index is 11.3. The Bertz CT molecular complexity index is 900. The van der Waals surface area contributed by atoms with Gasteiger partial charge in [0.15, 0.2) is 0 Å². The number of carboxylic acid groups (broad SMARTS) is 1. The average Bonchev–Trinajstić information content (AvgIpc) is 2.60. The molecule has 0 aliphatic carbocycles. The summed E-state index contributed by atoms with van der Waals surface area (Å²) in [6.07, 6.45) is 1.28. The molecule has 0 spiro atoms. The summed E-state index contributed by atoms with van der Waals surface area (Å²) in [6.45, 7) is 4.04. The fourth-order valence-electron chi connectivity index (χ4n) is 3.06. The molecule has 1 N–H and O–H groups in total. The second-order valence-electron chi connectivity index (χ2n) is 6.22. The Balaban J connectivity index is 2.04. The molecule has 0 bridgehead atoms. The largest absolute Gasteiger partial charge is 0.478 e. The van der Waals surface area contributed by atoms with Gasteiger partial charge in [0.05, 0.1) is 0 Å². The normalized spacial score (nSPS) is 11.4. The van der Waals surface area contributed by atoms with E-state index in [4.69, 9.17) is 0 Å². The highest BCUT2D eigenvalue weighted by Crippen LogP contribution is 2.28. The molecule has 3 rings (SSSR count). The summed E-state index contributed by atoms with van der Waals surface area (Å²) in [5.41, 5.74) is 7.03. The summed E-state index contributed by atoms with van der Waals surface area (Å²) in [6, 6.07) is 24.3. The molecule has 3 aromatic rings. The fourth-order valence-corrected chi connectivity index (χ4v) is 3.06. The van der Waals surface area contributed by atoms with E-state index in [2.05, 4.69) is 18.2 Å². The Labute approximate surface area is 148 Å². The molecule has 25 heavy (non-hydrogen) atoms. The topological polar surface area (TPSA) is 37.3 Å². The van der Waals surface area contributed by atoms with Crippen molar-refractivity contribution in [1.82, 2.24) is 0 Å². The van der Waals surface area contributed by atoms with Gasteiger partial charge in [-0.2, -0.15) is 0 Å². The molecule has 0 radical (unpaired) electrons. The second kappa shape index (κ2) is 7.18. The first-order valence-electron chi connectivity index (χ1n) is 8.22. The minimum Gasteiger partial charge on any atom is -0.478 e. The molecule has 0 fully saturated rings. The summed E-state index contributed by atoms with van der Waals surface area (Å²) in [5.74, 6) is -0.943. The van der Waals surface area contributed by atoms with E-state index in [0.717, 1.165) is 39.0 Å². The Hall–Kier alpha value is -3.13. The van der Waals surface area contributed by atoms with E-state index in [-0.39, 0.29) is 0 Å². The molecule has 0 aliphatic heterocycles. The highest BCUT2D eigenvalue weighted by Gasteiger charge is 2.09. The highest BCUT2D eigenvalue weighted by molar-refractivity contribution is 5.95. The van der Waals surface area contributed by atoms with Crippen molar-refractivity contribution in [3.63, 3.8) is 0 Å². The van der Waals surface area contributed by atoms with Crippen molar-refractivity contribution >= 4 is 11.5 Å². The predicted molar refractivity (Wildman–Crippen MR) is 103 cm³/mol. The molecule has 2 heteroatoms. The maximum Gasteiger partial charge on any atom is 0.328 e. The van der Waals surface area contributed by atoms with Crippen LogP contribution < -0.4 is 0 Å². The average molecular weight is 328 g/mol. The molecule has 0 aromatic heterocycles. The summed E-state index contributed by atoms with van der Waals surface area (Å²) < 4.78 is 0. The van der Waals surface area contributed by atoms with Crippen LogP contribution in [0.2, 0.25) is 0 Å². The quantitative estimate of drug-likeness (QED) is 0.643. The number of carboxylic acids is 1. The van der Waals surface area contributed by atoms with Crippen molar-refractivity contribution in [2.24, 2.45) is 0 Å². The molecular weight excluding hydrogens is 308 g/mol. The Kier molecular flexibility index (Phi) is 4.80. The molecule has 124 valence electrons. The highest BCUT2D eigenvalue weighted by atomic mass is 16.4. The second-order valence-corrected chi connectivity index (χ2v) is 6.22. The fraction of sp³-hybridized carbons (Fsp3) is 0.0870. The van der Waals surface area contributed by atoms with Crippen LogP contribution in [0.15, 0.2) is 78.9 Å². The maximum atomic E-state index is 11.3. The standard InChI is InChI=1S/C23H20O2/c1-16-12-17(2)14-21(13-16)22(15-23(24)25)20-10-8-19(9-11-20)18-6-4-3-5-7-18/h3-15H,1-2H3,(H,24,25)/b22-15-. The monoisotopic (exact) mass is 328 g/mol. The van der Waals surface area contributed by atoms with Gasteiger partial charge in [-0.1, -0.05) is 83.9 Å². The van der Waals surface area contributed by atoms with Crippen molar-refractivity contribution < 1.29 is 9.90 Å². The van der Waals surface area contributed by atoms with E-state index >= 15 is 0 Å². The van der Waals surface area contributed by atoms with Gasteiger partial charge in [0.1, 0.15) is 0 Å². The van der Waals surface area contributed by atoms with Crippen LogP contribution >= 0.6 is 0 Å². The summed E-state index contributed by atoms with van der Waals surface area (Å²) in [4.78, 5) is 11.3. The van der Waals surface area contributed by atoms with E-state index in [1.165, 1.54) is 6.08 Å². The van der Waals surface area contributed by atoms with Gasteiger partial charge in [-0.3, -0.25) is 0 Å². The predicted octanol–water partition coefficient (Wildman–Crippen LogP) is 5.49. The van der Waals surface area contributed by atoms with Crippen LogP contribution in [0.4, 0.5) is 0 Å². The number of carbonyl (C=O) groups is 1. The molecular formula is C23H20O2. The van der Waals surface area contributed by atoms with Crippen molar-refractivity contribution in [2.45, 2.75) is 13.8 Å². The lowest BCUT2D eigenvalue weighted by Crippen LogP contribution is -1.96. The first-order valence-corrected chi connectivity index (χ1v) is 8.22. The number of benzene rings is 3. The van der Waals surface area contributed by atoms with Gasteiger partial charge in [-0.15, -0.1) is 0 Å². The summed E-state index contributed by atoms with van der Waals surface area (Å²) in [7, 11) is 0. The minimum absolute atomic E-state index is 0.721. The van der Waals surface area contributed by atoms with Gasteiger partial charge >= 0.3 is 5.97 Å². The van der Waals surface area contributed by atoms with Crippen molar-refractivity contribution in [1.29, 1.82) is 0 Å². The number of aliphatic carboxylic acids is 1. The molecule has 0 saturated carbocycles.